The lowest BCUT2D eigenvalue weighted by Crippen LogP contribution is -2.46. The van der Waals surface area contributed by atoms with Gasteiger partial charge in [0.05, 0.1) is 12.8 Å². The number of carboxylic acids is 4. The quantitative estimate of drug-likeness (QED) is 0.318. The molecular weight excluding hydrogens is 280 g/mol. The van der Waals surface area contributed by atoms with Crippen LogP contribution in [0.25, 0.3) is 0 Å². The highest BCUT2D eigenvalue weighted by molar-refractivity contribution is 5.95. The molecule has 0 heterocycles. The van der Waals surface area contributed by atoms with Gasteiger partial charge >= 0.3 is 29.8 Å². The molecule has 0 atom stereocenters. The van der Waals surface area contributed by atoms with E-state index in [4.69, 9.17) is 20.4 Å². The fourth-order valence-electron chi connectivity index (χ4n) is 1.18. The maximum Gasteiger partial charge on any atom is 0.349 e. The van der Waals surface area contributed by atoms with E-state index in [0.29, 0.717) is 12.2 Å². The maximum atomic E-state index is 11.2. The van der Waals surface area contributed by atoms with E-state index in [9.17, 15) is 24.0 Å². The fraction of sp³-hybridized carbons (Fsp3) is 0.300. The van der Waals surface area contributed by atoms with Crippen molar-refractivity contribution in [2.45, 2.75) is 18.4 Å². The standard InChI is InChI=1S/C10H10O10/c11-5(12)1-2-8(17)20-10(9(18)19,3-6(13)14)4-7(15)16/h1-2H,3-4H2,(H,11,12)(H,13,14)(H,15,16)(H,18,19). The van der Waals surface area contributed by atoms with Gasteiger partial charge in [-0.1, -0.05) is 0 Å². The van der Waals surface area contributed by atoms with Crippen LogP contribution in [0.5, 0.6) is 0 Å². The molecule has 20 heavy (non-hydrogen) atoms. The number of carbonyl (C=O) groups is 5. The lowest BCUT2D eigenvalue weighted by Gasteiger charge is -2.25. The Labute approximate surface area is 110 Å². The molecular formula is C10H10O10. The molecule has 0 aliphatic heterocycles. The van der Waals surface area contributed by atoms with Crippen molar-refractivity contribution in [2.24, 2.45) is 0 Å². The first-order valence-corrected chi connectivity index (χ1v) is 4.90. The minimum absolute atomic E-state index is 0.330. The average Bonchev–Trinajstić information content (AvgIpc) is 2.23. The number of carbonyl (C=O) groups excluding carboxylic acids is 1. The van der Waals surface area contributed by atoms with E-state index in [2.05, 4.69) is 4.74 Å². The summed E-state index contributed by atoms with van der Waals surface area (Å²) < 4.78 is 4.32. The molecule has 0 saturated heterocycles. The number of ether oxygens (including phenoxy) is 1. The topological polar surface area (TPSA) is 175 Å². The van der Waals surface area contributed by atoms with Crippen LogP contribution in [0.1, 0.15) is 12.8 Å². The van der Waals surface area contributed by atoms with Crippen LogP contribution < -0.4 is 0 Å². The lowest BCUT2D eigenvalue weighted by molar-refractivity contribution is -0.183. The van der Waals surface area contributed by atoms with Crippen molar-refractivity contribution in [3.63, 3.8) is 0 Å². The van der Waals surface area contributed by atoms with Gasteiger partial charge in [0.2, 0.25) is 5.60 Å². The first-order valence-electron chi connectivity index (χ1n) is 4.90. The predicted molar refractivity (Wildman–Crippen MR) is 57.7 cm³/mol. The van der Waals surface area contributed by atoms with Gasteiger partial charge in [-0.25, -0.2) is 14.4 Å². The molecule has 4 N–H and O–H groups in total. The third-order valence-electron chi connectivity index (χ3n) is 1.92. The minimum atomic E-state index is -2.82. The molecule has 0 spiro atoms. The van der Waals surface area contributed by atoms with Crippen LogP contribution in [-0.2, 0) is 28.7 Å². The van der Waals surface area contributed by atoms with E-state index in [0.717, 1.165) is 0 Å². The van der Waals surface area contributed by atoms with Crippen LogP contribution in [0.15, 0.2) is 12.2 Å². The van der Waals surface area contributed by atoms with Crippen molar-refractivity contribution in [1.29, 1.82) is 0 Å². The molecule has 0 fully saturated rings. The molecule has 0 aromatic rings. The van der Waals surface area contributed by atoms with Crippen LogP contribution in [-0.4, -0.2) is 55.9 Å². The van der Waals surface area contributed by atoms with E-state index in [1.54, 1.807) is 0 Å². The average molecular weight is 290 g/mol. The molecule has 0 aliphatic rings. The van der Waals surface area contributed by atoms with Crippen molar-refractivity contribution in [3.8, 4) is 0 Å². The molecule has 0 unspecified atom stereocenters. The smallest absolute Gasteiger partial charge is 0.349 e. The summed E-state index contributed by atoms with van der Waals surface area (Å²) in [5.74, 6) is -8.40. The molecule has 0 aromatic carbocycles. The molecule has 0 saturated carbocycles. The van der Waals surface area contributed by atoms with Crippen molar-refractivity contribution < 1.29 is 49.1 Å². The van der Waals surface area contributed by atoms with Crippen molar-refractivity contribution in [1.82, 2.24) is 0 Å². The number of esters is 1. The van der Waals surface area contributed by atoms with Crippen molar-refractivity contribution in [2.75, 3.05) is 0 Å². The Kier molecular flexibility index (Phi) is 5.87. The fourth-order valence-corrected chi connectivity index (χ4v) is 1.18. The van der Waals surface area contributed by atoms with Gasteiger partial charge in [0.25, 0.3) is 0 Å². The Hall–Kier alpha value is -2.91. The first kappa shape index (κ1) is 17.1. The van der Waals surface area contributed by atoms with E-state index in [1.807, 2.05) is 0 Å². The summed E-state index contributed by atoms with van der Waals surface area (Å²) in [6, 6.07) is 0. The molecule has 0 aromatic heterocycles. The van der Waals surface area contributed by atoms with Gasteiger partial charge in [-0.05, 0) is 0 Å². The van der Waals surface area contributed by atoms with E-state index >= 15 is 0 Å². The summed E-state index contributed by atoms with van der Waals surface area (Å²) >= 11 is 0. The molecule has 110 valence electrons. The number of aliphatic carboxylic acids is 4. The number of carboxylic acid groups (broad SMARTS) is 4. The van der Waals surface area contributed by atoms with Crippen LogP contribution in [0.2, 0.25) is 0 Å². The second-order valence-electron chi connectivity index (χ2n) is 3.53. The van der Waals surface area contributed by atoms with Crippen molar-refractivity contribution >= 4 is 29.8 Å². The van der Waals surface area contributed by atoms with Gasteiger partial charge in [0.1, 0.15) is 0 Å². The third kappa shape index (κ3) is 5.62. The van der Waals surface area contributed by atoms with E-state index in [1.165, 1.54) is 0 Å². The van der Waals surface area contributed by atoms with Gasteiger partial charge < -0.3 is 25.2 Å². The third-order valence-corrected chi connectivity index (χ3v) is 1.92. The van der Waals surface area contributed by atoms with Crippen LogP contribution in [0.3, 0.4) is 0 Å². The molecule has 0 amide bonds. The summed E-state index contributed by atoms with van der Waals surface area (Å²) in [6.07, 6.45) is -1.91. The second-order valence-corrected chi connectivity index (χ2v) is 3.53. The number of hydrogen-bond acceptors (Lipinski definition) is 6. The lowest BCUT2D eigenvalue weighted by atomic mass is 9.95. The van der Waals surface area contributed by atoms with Gasteiger partial charge in [-0.15, -0.1) is 0 Å². The zero-order chi connectivity index (χ0) is 15.9. The molecule has 10 nitrogen and oxygen atoms in total. The molecule has 0 rings (SSSR count). The van der Waals surface area contributed by atoms with Gasteiger partial charge in [-0.3, -0.25) is 9.59 Å². The Morgan fingerprint density at radius 1 is 0.850 bits per heavy atom. The maximum absolute atomic E-state index is 11.2. The molecule has 10 heteroatoms. The van der Waals surface area contributed by atoms with Crippen LogP contribution in [0, 0.1) is 0 Å². The van der Waals surface area contributed by atoms with Gasteiger partial charge in [0, 0.05) is 12.2 Å². The monoisotopic (exact) mass is 290 g/mol. The zero-order valence-corrected chi connectivity index (χ0v) is 9.81. The summed E-state index contributed by atoms with van der Waals surface area (Å²) in [5, 5.41) is 34.3. The van der Waals surface area contributed by atoms with E-state index in [-0.39, 0.29) is 0 Å². The highest BCUT2D eigenvalue weighted by atomic mass is 16.6. The van der Waals surface area contributed by atoms with E-state index < -0.39 is 48.3 Å². The van der Waals surface area contributed by atoms with Crippen LogP contribution >= 0.6 is 0 Å². The Morgan fingerprint density at radius 2 is 1.30 bits per heavy atom. The highest BCUT2D eigenvalue weighted by Gasteiger charge is 2.46. The Balaban J connectivity index is 5.33. The Morgan fingerprint density at radius 3 is 1.60 bits per heavy atom. The first-order chi connectivity index (χ1) is 9.09. The van der Waals surface area contributed by atoms with Gasteiger partial charge in [-0.2, -0.15) is 0 Å². The summed E-state index contributed by atoms with van der Waals surface area (Å²) in [7, 11) is 0. The van der Waals surface area contributed by atoms with Crippen LogP contribution in [0.4, 0.5) is 0 Å². The summed E-state index contributed by atoms with van der Waals surface area (Å²) in [5.41, 5.74) is -2.82. The molecule has 0 radical (unpaired) electrons. The predicted octanol–water partition coefficient (Wildman–Crippen LogP) is -1.06. The normalized spacial score (nSPS) is 11.0. The largest absolute Gasteiger partial charge is 0.481 e. The second kappa shape index (κ2) is 6.87. The highest BCUT2D eigenvalue weighted by Crippen LogP contribution is 2.22. The van der Waals surface area contributed by atoms with Crippen molar-refractivity contribution in [3.05, 3.63) is 12.2 Å². The minimum Gasteiger partial charge on any atom is -0.481 e. The summed E-state index contributed by atoms with van der Waals surface area (Å²) in [4.78, 5) is 53.6. The Bertz CT molecular complexity index is 458. The zero-order valence-electron chi connectivity index (χ0n) is 9.81. The molecule has 0 aliphatic carbocycles. The summed E-state index contributed by atoms with van der Waals surface area (Å²) in [6.45, 7) is 0. The SMILES string of the molecule is O=C(O)C=CC(=O)OC(CC(=O)O)(CC(=O)O)C(=O)O. The number of rotatable bonds is 8. The molecule has 0 bridgehead atoms. The number of hydrogen-bond donors (Lipinski definition) is 4. The van der Waals surface area contributed by atoms with Gasteiger partial charge in [0.15, 0.2) is 0 Å².